The molecule has 0 aliphatic rings. The standard InChI is InChI=1S/C12H16OS/c1-4-14-8-12(13)11-6-5-9(2)7-10(11)3/h5-7H,4,8H2,1-3H3. The van der Waals surface area contributed by atoms with Crippen molar-refractivity contribution >= 4 is 17.5 Å². The van der Waals surface area contributed by atoms with Gasteiger partial charge in [0.2, 0.25) is 0 Å². The fraction of sp³-hybridized carbons (Fsp3) is 0.417. The van der Waals surface area contributed by atoms with Gasteiger partial charge in [-0.05, 0) is 25.2 Å². The minimum absolute atomic E-state index is 0.245. The summed E-state index contributed by atoms with van der Waals surface area (Å²) in [6.45, 7) is 6.11. The van der Waals surface area contributed by atoms with Gasteiger partial charge in [-0.1, -0.05) is 30.7 Å². The molecule has 14 heavy (non-hydrogen) atoms. The SMILES string of the molecule is CCSCC(=O)c1ccc(C)cc1C. The molecule has 0 amide bonds. The van der Waals surface area contributed by atoms with Gasteiger partial charge in [-0.2, -0.15) is 11.8 Å². The van der Waals surface area contributed by atoms with Gasteiger partial charge >= 0.3 is 0 Å². The predicted octanol–water partition coefficient (Wildman–Crippen LogP) is 3.24. The minimum atomic E-state index is 0.245. The van der Waals surface area contributed by atoms with Crippen LogP contribution in [0.1, 0.15) is 28.4 Å². The smallest absolute Gasteiger partial charge is 0.172 e. The van der Waals surface area contributed by atoms with E-state index < -0.39 is 0 Å². The first-order valence-corrected chi connectivity index (χ1v) is 5.98. The van der Waals surface area contributed by atoms with Crippen molar-refractivity contribution in [3.8, 4) is 0 Å². The van der Waals surface area contributed by atoms with Crippen molar-refractivity contribution in [3.63, 3.8) is 0 Å². The number of rotatable bonds is 4. The van der Waals surface area contributed by atoms with Gasteiger partial charge in [0.05, 0.1) is 5.75 Å². The van der Waals surface area contributed by atoms with Crippen molar-refractivity contribution in [2.75, 3.05) is 11.5 Å². The largest absolute Gasteiger partial charge is 0.293 e. The summed E-state index contributed by atoms with van der Waals surface area (Å²) in [6, 6.07) is 5.99. The minimum Gasteiger partial charge on any atom is -0.293 e. The van der Waals surface area contributed by atoms with Crippen LogP contribution in [0, 0.1) is 13.8 Å². The third kappa shape index (κ3) is 2.88. The van der Waals surface area contributed by atoms with Gasteiger partial charge in [0.15, 0.2) is 5.78 Å². The molecule has 0 saturated heterocycles. The van der Waals surface area contributed by atoms with Crippen LogP contribution in [0.3, 0.4) is 0 Å². The number of thioether (sulfide) groups is 1. The summed E-state index contributed by atoms with van der Waals surface area (Å²) in [5.41, 5.74) is 3.17. The van der Waals surface area contributed by atoms with E-state index in [9.17, 15) is 4.79 Å². The number of ketones is 1. The van der Waals surface area contributed by atoms with Crippen molar-refractivity contribution < 1.29 is 4.79 Å². The Bertz CT molecular complexity index is 331. The summed E-state index contributed by atoms with van der Waals surface area (Å²) in [6.07, 6.45) is 0. The van der Waals surface area contributed by atoms with E-state index in [1.54, 1.807) is 11.8 Å². The lowest BCUT2D eigenvalue weighted by molar-refractivity contribution is 0.102. The van der Waals surface area contributed by atoms with Crippen LogP contribution in [-0.4, -0.2) is 17.3 Å². The molecule has 0 saturated carbocycles. The van der Waals surface area contributed by atoms with Crippen LogP contribution in [0.25, 0.3) is 0 Å². The molecule has 0 aromatic heterocycles. The van der Waals surface area contributed by atoms with Gasteiger partial charge in [-0.15, -0.1) is 0 Å². The Kier molecular flexibility index (Phi) is 4.21. The molecular weight excluding hydrogens is 192 g/mol. The van der Waals surface area contributed by atoms with Crippen LogP contribution in [0.15, 0.2) is 18.2 Å². The highest BCUT2D eigenvalue weighted by Gasteiger charge is 2.07. The highest BCUT2D eigenvalue weighted by Crippen LogP contribution is 2.13. The third-order valence-electron chi connectivity index (χ3n) is 2.12. The van der Waals surface area contributed by atoms with E-state index in [1.165, 1.54) is 5.56 Å². The van der Waals surface area contributed by atoms with Gasteiger partial charge in [0.25, 0.3) is 0 Å². The molecule has 1 nitrogen and oxygen atoms in total. The summed E-state index contributed by atoms with van der Waals surface area (Å²) in [4.78, 5) is 11.7. The van der Waals surface area contributed by atoms with Crippen molar-refractivity contribution in [1.82, 2.24) is 0 Å². The molecule has 0 N–H and O–H groups in total. The Morgan fingerprint density at radius 3 is 2.64 bits per heavy atom. The molecule has 2 heteroatoms. The number of carbonyl (C=O) groups excluding carboxylic acids is 1. The van der Waals surface area contributed by atoms with Crippen LogP contribution in [0.4, 0.5) is 0 Å². The summed E-state index contributed by atoms with van der Waals surface area (Å²) in [5.74, 6) is 1.84. The van der Waals surface area contributed by atoms with Crippen molar-refractivity contribution in [2.45, 2.75) is 20.8 Å². The van der Waals surface area contributed by atoms with E-state index in [-0.39, 0.29) is 5.78 Å². The third-order valence-corrected chi connectivity index (χ3v) is 2.99. The lowest BCUT2D eigenvalue weighted by Crippen LogP contribution is -2.05. The monoisotopic (exact) mass is 208 g/mol. The normalized spacial score (nSPS) is 10.2. The molecular formula is C12H16OS. The lowest BCUT2D eigenvalue weighted by Gasteiger charge is -2.05. The highest BCUT2D eigenvalue weighted by molar-refractivity contribution is 7.99. The zero-order chi connectivity index (χ0) is 10.6. The molecule has 0 radical (unpaired) electrons. The van der Waals surface area contributed by atoms with Crippen LogP contribution < -0.4 is 0 Å². The summed E-state index contributed by atoms with van der Waals surface area (Å²) < 4.78 is 0. The van der Waals surface area contributed by atoms with Gasteiger partial charge < -0.3 is 0 Å². The maximum Gasteiger partial charge on any atom is 0.172 e. The van der Waals surface area contributed by atoms with E-state index in [1.807, 2.05) is 26.0 Å². The van der Waals surface area contributed by atoms with Gasteiger partial charge in [0, 0.05) is 5.56 Å². The molecule has 0 bridgehead atoms. The Balaban J connectivity index is 2.80. The molecule has 0 atom stereocenters. The molecule has 0 spiro atoms. The van der Waals surface area contributed by atoms with Crippen LogP contribution in [-0.2, 0) is 0 Å². The molecule has 0 aliphatic carbocycles. The number of benzene rings is 1. The van der Waals surface area contributed by atoms with Crippen molar-refractivity contribution in [2.24, 2.45) is 0 Å². The first-order valence-electron chi connectivity index (χ1n) is 4.83. The second-order valence-corrected chi connectivity index (χ2v) is 4.65. The highest BCUT2D eigenvalue weighted by atomic mass is 32.2. The maximum atomic E-state index is 11.7. The van der Waals surface area contributed by atoms with E-state index in [0.29, 0.717) is 5.75 Å². The molecule has 1 rings (SSSR count). The van der Waals surface area contributed by atoms with E-state index >= 15 is 0 Å². The first-order chi connectivity index (χ1) is 6.65. The topological polar surface area (TPSA) is 17.1 Å². The maximum absolute atomic E-state index is 11.7. The summed E-state index contributed by atoms with van der Waals surface area (Å²) in [5, 5.41) is 0. The predicted molar refractivity (Wildman–Crippen MR) is 63.2 cm³/mol. The average Bonchev–Trinajstić information content (AvgIpc) is 2.14. The Labute approximate surface area is 89.9 Å². The molecule has 0 unspecified atom stereocenters. The van der Waals surface area contributed by atoms with E-state index in [4.69, 9.17) is 0 Å². The molecule has 1 aromatic rings. The second kappa shape index (κ2) is 5.20. The summed E-state index contributed by atoms with van der Waals surface area (Å²) >= 11 is 1.67. The van der Waals surface area contributed by atoms with Crippen LogP contribution in [0.5, 0.6) is 0 Å². The number of Topliss-reactive ketones (excluding diaryl/α,β-unsaturated/α-hetero) is 1. The van der Waals surface area contributed by atoms with Crippen molar-refractivity contribution in [3.05, 3.63) is 34.9 Å². The Morgan fingerprint density at radius 1 is 1.36 bits per heavy atom. The van der Waals surface area contributed by atoms with Gasteiger partial charge in [-0.25, -0.2) is 0 Å². The molecule has 0 aliphatic heterocycles. The lowest BCUT2D eigenvalue weighted by atomic mass is 10.0. The Hall–Kier alpha value is -0.760. The van der Waals surface area contributed by atoms with Crippen LogP contribution >= 0.6 is 11.8 Å². The van der Waals surface area contributed by atoms with Gasteiger partial charge in [0.1, 0.15) is 0 Å². The molecule has 76 valence electrons. The van der Waals surface area contributed by atoms with Gasteiger partial charge in [-0.3, -0.25) is 4.79 Å². The number of hydrogen-bond acceptors (Lipinski definition) is 2. The first kappa shape index (κ1) is 11.3. The number of hydrogen-bond donors (Lipinski definition) is 0. The zero-order valence-electron chi connectivity index (χ0n) is 8.96. The van der Waals surface area contributed by atoms with Crippen LogP contribution in [0.2, 0.25) is 0 Å². The fourth-order valence-electron chi connectivity index (χ4n) is 1.40. The van der Waals surface area contributed by atoms with E-state index in [0.717, 1.165) is 16.9 Å². The summed E-state index contributed by atoms with van der Waals surface area (Å²) in [7, 11) is 0. The second-order valence-electron chi connectivity index (χ2n) is 3.38. The zero-order valence-corrected chi connectivity index (χ0v) is 9.78. The fourth-order valence-corrected chi connectivity index (χ4v) is 1.94. The molecule has 0 heterocycles. The quantitative estimate of drug-likeness (QED) is 0.707. The number of carbonyl (C=O) groups is 1. The average molecular weight is 208 g/mol. The van der Waals surface area contributed by atoms with Crippen molar-refractivity contribution in [1.29, 1.82) is 0 Å². The molecule has 1 aromatic carbocycles. The number of aryl methyl sites for hydroxylation is 2. The molecule has 0 fully saturated rings. The Morgan fingerprint density at radius 2 is 2.07 bits per heavy atom. The van der Waals surface area contributed by atoms with E-state index in [2.05, 4.69) is 13.0 Å².